The van der Waals surface area contributed by atoms with Gasteiger partial charge in [0.25, 0.3) is 0 Å². The molecule has 0 spiro atoms. The van der Waals surface area contributed by atoms with Crippen molar-refractivity contribution in [3.05, 3.63) is 30.2 Å². The molecule has 1 saturated heterocycles. The molecule has 4 nitrogen and oxygen atoms in total. The van der Waals surface area contributed by atoms with Crippen LogP contribution in [0.1, 0.15) is 26.2 Å². The molecule has 4 heteroatoms. The summed E-state index contributed by atoms with van der Waals surface area (Å²) in [7, 11) is 0. The van der Waals surface area contributed by atoms with E-state index in [9.17, 15) is 4.79 Å². The first-order valence-electron chi connectivity index (χ1n) is 5.87. The molecule has 0 saturated carbocycles. The van der Waals surface area contributed by atoms with Crippen LogP contribution in [0, 0.1) is 6.67 Å². The van der Waals surface area contributed by atoms with E-state index in [1.165, 1.54) is 12.8 Å². The highest BCUT2D eigenvalue weighted by atomic mass is 16.1. The van der Waals surface area contributed by atoms with E-state index in [4.69, 9.17) is 0 Å². The number of hydrazine groups is 1. The summed E-state index contributed by atoms with van der Waals surface area (Å²) in [6.45, 7) is 5.15. The van der Waals surface area contributed by atoms with Crippen LogP contribution in [0.3, 0.4) is 0 Å². The number of rotatable bonds is 1. The molecule has 1 unspecified atom stereocenters. The molecule has 1 N–H and O–H groups in total. The van der Waals surface area contributed by atoms with Gasteiger partial charge in [-0.25, -0.2) is 5.01 Å². The fraction of sp³-hybridized carbons (Fsp3) is 0.500. The minimum Gasteiger partial charge on any atom is -0.359 e. The van der Waals surface area contributed by atoms with Crippen molar-refractivity contribution in [2.24, 2.45) is 0 Å². The third-order valence-electron chi connectivity index (χ3n) is 3.47. The molecule has 0 aromatic rings. The van der Waals surface area contributed by atoms with Gasteiger partial charge in [-0.3, -0.25) is 9.80 Å². The topological polar surface area (TPSA) is 35.6 Å². The molecule has 0 bridgehead atoms. The molecule has 3 rings (SSSR count). The lowest BCUT2D eigenvalue weighted by Crippen LogP contribution is -2.43. The highest BCUT2D eigenvalue weighted by Crippen LogP contribution is 2.30. The third-order valence-corrected chi connectivity index (χ3v) is 3.47. The van der Waals surface area contributed by atoms with Crippen molar-refractivity contribution in [1.82, 2.24) is 15.3 Å². The largest absolute Gasteiger partial charge is 0.359 e. The molecule has 1 aliphatic carbocycles. The van der Waals surface area contributed by atoms with Gasteiger partial charge >= 0.3 is 0 Å². The number of Topliss-reactive ketones (excluding diaryl/α,β-unsaturated/α-hetero) is 1. The molecule has 0 aromatic heterocycles. The minimum atomic E-state index is 0.206. The number of allylic oxidation sites excluding steroid dienone is 3. The van der Waals surface area contributed by atoms with Crippen LogP contribution < -0.4 is 5.32 Å². The van der Waals surface area contributed by atoms with E-state index in [1.54, 1.807) is 0 Å². The third kappa shape index (κ3) is 1.37. The van der Waals surface area contributed by atoms with Crippen LogP contribution in [0.2, 0.25) is 0 Å². The second kappa shape index (κ2) is 3.63. The predicted octanol–water partition coefficient (Wildman–Crippen LogP) is 1.15. The number of hydrogen-bond donors (Lipinski definition) is 1. The molecule has 3 aliphatic rings. The number of carbonyl (C=O) groups excluding carboxylic acids is 1. The molecular weight excluding hydrogens is 202 g/mol. The van der Waals surface area contributed by atoms with Gasteiger partial charge < -0.3 is 5.32 Å². The van der Waals surface area contributed by atoms with E-state index in [2.05, 4.69) is 17.2 Å². The number of nitrogens with zero attached hydrogens (tertiary/aromatic N) is 2. The number of ketones is 1. The molecule has 85 valence electrons. The van der Waals surface area contributed by atoms with Crippen LogP contribution in [0.5, 0.6) is 0 Å². The summed E-state index contributed by atoms with van der Waals surface area (Å²) < 4.78 is 0. The van der Waals surface area contributed by atoms with Gasteiger partial charge in [-0.05, 0) is 25.8 Å². The van der Waals surface area contributed by atoms with Gasteiger partial charge in [0.05, 0.1) is 5.70 Å². The quantitative estimate of drug-likeness (QED) is 0.716. The molecule has 0 aromatic carbocycles. The molecule has 16 heavy (non-hydrogen) atoms. The van der Waals surface area contributed by atoms with E-state index in [0.717, 1.165) is 17.9 Å². The Morgan fingerprint density at radius 3 is 3.12 bits per heavy atom. The Morgan fingerprint density at radius 2 is 2.38 bits per heavy atom. The Balaban J connectivity index is 1.90. The summed E-state index contributed by atoms with van der Waals surface area (Å²) in [5, 5.41) is 7.45. The van der Waals surface area contributed by atoms with Crippen molar-refractivity contribution in [2.75, 3.05) is 6.54 Å². The number of hydrogen-bond acceptors (Lipinski definition) is 4. The van der Waals surface area contributed by atoms with Crippen LogP contribution in [0.4, 0.5) is 0 Å². The predicted molar refractivity (Wildman–Crippen MR) is 60.5 cm³/mol. The van der Waals surface area contributed by atoms with Gasteiger partial charge in [0, 0.05) is 19.0 Å². The van der Waals surface area contributed by atoms with Gasteiger partial charge in [0.2, 0.25) is 0 Å². The van der Waals surface area contributed by atoms with Gasteiger partial charge in [0.15, 0.2) is 12.5 Å². The van der Waals surface area contributed by atoms with Crippen LogP contribution in [-0.2, 0) is 4.79 Å². The standard InChI is InChI=1S/C12H16N3O/c1-9-4-3-7-14(9)15-8-13-10-5-2-6-11(16)12(10)15/h2,5,8-9,13H,3-4,6-7H2,1H3. The van der Waals surface area contributed by atoms with Gasteiger partial charge in [0.1, 0.15) is 5.70 Å². The zero-order valence-corrected chi connectivity index (χ0v) is 9.44. The average Bonchev–Trinajstić information content (AvgIpc) is 2.84. The Morgan fingerprint density at radius 1 is 1.50 bits per heavy atom. The monoisotopic (exact) mass is 218 g/mol. The summed E-state index contributed by atoms with van der Waals surface area (Å²) >= 11 is 0. The smallest absolute Gasteiger partial charge is 0.186 e. The molecule has 2 heterocycles. The Bertz CT molecular complexity index is 386. The Kier molecular flexibility index (Phi) is 2.24. The summed E-state index contributed by atoms with van der Waals surface area (Å²) in [6.07, 6.45) is 6.84. The van der Waals surface area contributed by atoms with E-state index < -0.39 is 0 Å². The molecule has 2 aliphatic heterocycles. The maximum Gasteiger partial charge on any atom is 0.186 e. The number of carbonyl (C=O) groups is 1. The van der Waals surface area contributed by atoms with Crippen molar-refractivity contribution >= 4 is 5.78 Å². The summed E-state index contributed by atoms with van der Waals surface area (Å²) in [4.78, 5) is 11.9. The van der Waals surface area contributed by atoms with Crippen LogP contribution in [-0.4, -0.2) is 28.4 Å². The lowest BCUT2D eigenvalue weighted by Gasteiger charge is -2.33. The van der Waals surface area contributed by atoms with Crippen molar-refractivity contribution in [3.8, 4) is 0 Å². The highest BCUT2D eigenvalue weighted by Gasteiger charge is 2.35. The van der Waals surface area contributed by atoms with Crippen molar-refractivity contribution in [3.63, 3.8) is 0 Å². The Hall–Kier alpha value is -1.29. The molecular formula is C12H16N3O. The average molecular weight is 218 g/mol. The summed E-state index contributed by atoms with van der Waals surface area (Å²) in [5.74, 6) is 0.206. The fourth-order valence-corrected chi connectivity index (χ4v) is 2.61. The summed E-state index contributed by atoms with van der Waals surface area (Å²) in [6, 6.07) is 0.517. The lowest BCUT2D eigenvalue weighted by molar-refractivity contribution is -0.118. The zero-order valence-electron chi connectivity index (χ0n) is 9.44. The summed E-state index contributed by atoms with van der Waals surface area (Å²) in [5.41, 5.74) is 1.76. The molecule has 1 fully saturated rings. The van der Waals surface area contributed by atoms with Crippen molar-refractivity contribution in [1.29, 1.82) is 0 Å². The van der Waals surface area contributed by atoms with Gasteiger partial charge in [-0.1, -0.05) is 6.08 Å². The second-order valence-electron chi connectivity index (χ2n) is 4.56. The normalized spacial score (nSPS) is 29.9. The van der Waals surface area contributed by atoms with Crippen molar-refractivity contribution < 1.29 is 4.79 Å². The minimum absolute atomic E-state index is 0.206. The second-order valence-corrected chi connectivity index (χ2v) is 4.56. The first-order valence-corrected chi connectivity index (χ1v) is 5.87. The van der Waals surface area contributed by atoms with Crippen LogP contribution in [0.15, 0.2) is 23.5 Å². The molecule has 1 atom stereocenters. The molecule has 0 amide bonds. The first kappa shape index (κ1) is 9.90. The van der Waals surface area contributed by atoms with Crippen LogP contribution >= 0.6 is 0 Å². The first-order chi connectivity index (χ1) is 7.77. The maximum atomic E-state index is 11.9. The lowest BCUT2D eigenvalue weighted by atomic mass is 10.1. The van der Waals surface area contributed by atoms with E-state index in [1.807, 2.05) is 23.8 Å². The van der Waals surface area contributed by atoms with E-state index in [-0.39, 0.29) is 5.78 Å². The van der Waals surface area contributed by atoms with E-state index >= 15 is 0 Å². The number of nitrogens with one attached hydrogen (secondary N) is 1. The van der Waals surface area contributed by atoms with E-state index in [0.29, 0.717) is 12.5 Å². The maximum absolute atomic E-state index is 11.9. The van der Waals surface area contributed by atoms with Gasteiger partial charge in [-0.2, -0.15) is 0 Å². The van der Waals surface area contributed by atoms with Crippen molar-refractivity contribution in [2.45, 2.75) is 32.2 Å². The fourth-order valence-electron chi connectivity index (χ4n) is 2.61. The SMILES string of the molecule is CC1CCCN1N1[CH]NC2=C1C(=O)CC=C2. The van der Waals surface area contributed by atoms with Crippen LogP contribution in [0.25, 0.3) is 0 Å². The highest BCUT2D eigenvalue weighted by molar-refractivity contribution is 5.98. The zero-order chi connectivity index (χ0) is 11.1. The van der Waals surface area contributed by atoms with Gasteiger partial charge in [-0.15, -0.1) is 0 Å². The Labute approximate surface area is 95.6 Å². The molecule has 1 radical (unpaired) electrons.